The number of benzene rings is 2. The fourth-order valence-electron chi connectivity index (χ4n) is 2.37. The van der Waals surface area contributed by atoms with Gasteiger partial charge in [0.1, 0.15) is 17.5 Å². The summed E-state index contributed by atoms with van der Waals surface area (Å²) in [4.78, 5) is 13.2. The van der Waals surface area contributed by atoms with Gasteiger partial charge in [-0.25, -0.2) is 9.69 Å². The smallest absolute Gasteiger partial charge is 0.269 e. The van der Waals surface area contributed by atoms with E-state index in [0.717, 1.165) is 9.20 Å². The minimum atomic E-state index is -2.60. The number of carbonyl (C=O) groups is 1. The van der Waals surface area contributed by atoms with Crippen LogP contribution in [0.2, 0.25) is 0 Å². The summed E-state index contributed by atoms with van der Waals surface area (Å²) in [5, 5.41) is 18.2. The van der Waals surface area contributed by atoms with E-state index < -0.39 is 29.8 Å². The molecule has 0 aromatic heterocycles. The number of amides is 1. The van der Waals surface area contributed by atoms with E-state index in [1.807, 2.05) is 24.3 Å². The number of hydroxylamine groups is 1. The highest BCUT2D eigenvalue weighted by Gasteiger charge is 2.30. The highest BCUT2D eigenvalue weighted by molar-refractivity contribution is 7.99. The highest BCUT2D eigenvalue weighted by atomic mass is 32.2. The molecule has 2 unspecified atom stereocenters. The predicted molar refractivity (Wildman–Crippen MR) is 91.1 cm³/mol. The molecule has 0 saturated carbocycles. The normalized spacial score (nSPS) is 14.5. The van der Waals surface area contributed by atoms with Crippen molar-refractivity contribution in [2.24, 2.45) is 0 Å². The first-order valence-electron chi connectivity index (χ1n) is 7.09. The van der Waals surface area contributed by atoms with E-state index in [9.17, 15) is 18.7 Å². The van der Waals surface area contributed by atoms with Gasteiger partial charge in [-0.1, -0.05) is 23.9 Å². The summed E-state index contributed by atoms with van der Waals surface area (Å²) >= 11 is -1.19. The molecule has 3 rings (SSSR count). The Labute approximate surface area is 149 Å². The summed E-state index contributed by atoms with van der Waals surface area (Å²) < 4.78 is 27.9. The van der Waals surface area contributed by atoms with Crippen LogP contribution >= 0.6 is 11.8 Å². The van der Waals surface area contributed by atoms with Gasteiger partial charge in [0.15, 0.2) is 0 Å². The number of aliphatic hydroxyl groups excluding tert-OH is 1. The molecule has 1 aliphatic rings. The first-order valence-corrected chi connectivity index (χ1v) is 8.97. The van der Waals surface area contributed by atoms with Gasteiger partial charge < -0.3 is 9.84 Å². The third-order valence-electron chi connectivity index (χ3n) is 3.51. The number of anilines is 1. The van der Waals surface area contributed by atoms with Crippen LogP contribution in [0, 0.1) is 0 Å². The molecule has 1 amide bonds. The molecule has 0 fully saturated rings. The third kappa shape index (κ3) is 3.48. The summed E-state index contributed by atoms with van der Waals surface area (Å²) in [6.07, 6.45) is 0. The van der Waals surface area contributed by atoms with Crippen LogP contribution in [0.5, 0.6) is 11.5 Å². The topological polar surface area (TPSA) is 119 Å². The van der Waals surface area contributed by atoms with Gasteiger partial charge in [0.25, 0.3) is 17.2 Å². The van der Waals surface area contributed by atoms with E-state index >= 15 is 0 Å². The lowest BCUT2D eigenvalue weighted by molar-refractivity contribution is -0.131. The van der Waals surface area contributed by atoms with Crippen LogP contribution in [0.25, 0.3) is 0 Å². The number of rotatable bonds is 5. The predicted octanol–water partition coefficient (Wildman–Crippen LogP) is 1.75. The van der Waals surface area contributed by atoms with Crippen molar-refractivity contribution in [2.45, 2.75) is 15.8 Å². The lowest BCUT2D eigenvalue weighted by Crippen LogP contribution is -2.49. The van der Waals surface area contributed by atoms with E-state index in [2.05, 4.69) is 0 Å². The van der Waals surface area contributed by atoms with E-state index in [-0.39, 0.29) is 5.69 Å². The zero-order chi connectivity index (χ0) is 18.0. The van der Waals surface area contributed by atoms with Crippen molar-refractivity contribution in [3.05, 3.63) is 42.5 Å². The molecular weight excluding hydrogens is 368 g/mol. The summed E-state index contributed by atoms with van der Waals surface area (Å²) in [5.74, 6) is 0.281. The van der Waals surface area contributed by atoms with Gasteiger partial charge in [0.05, 0.1) is 22.1 Å². The van der Waals surface area contributed by atoms with Crippen LogP contribution in [-0.2, 0) is 16.1 Å². The van der Waals surface area contributed by atoms with Crippen molar-refractivity contribution in [1.82, 2.24) is 5.48 Å². The van der Waals surface area contributed by atoms with Gasteiger partial charge in [0, 0.05) is 0 Å². The molecule has 10 heteroatoms. The second-order valence-corrected chi connectivity index (χ2v) is 6.95. The second-order valence-electron chi connectivity index (χ2n) is 5.01. The molecule has 132 valence electrons. The summed E-state index contributed by atoms with van der Waals surface area (Å²) in [7, 11) is 0. The SMILES string of the molecule is O=C(NO)C(CO)N(c1ccc2c(c1)Sc1ccccc1O2)S(=O)O. The first kappa shape index (κ1) is 17.7. The Morgan fingerprint density at radius 3 is 2.64 bits per heavy atom. The number of aliphatic hydroxyl groups is 1. The average molecular weight is 382 g/mol. The summed E-state index contributed by atoms with van der Waals surface area (Å²) in [6, 6.07) is 10.7. The summed E-state index contributed by atoms with van der Waals surface area (Å²) in [6.45, 7) is -0.762. The van der Waals surface area contributed by atoms with Crippen LogP contribution in [0.1, 0.15) is 0 Å². The largest absolute Gasteiger partial charge is 0.455 e. The zero-order valence-electron chi connectivity index (χ0n) is 12.7. The number of hydrogen-bond acceptors (Lipinski definition) is 6. The standard InChI is InChI=1S/C15H14N2O6S2/c18-8-10(15(19)16-20)17(25(21)22)9-5-6-12-14(7-9)24-13-4-2-1-3-11(13)23-12/h1-7,10,18,20H,8H2,(H,16,19)(H,21,22). The Morgan fingerprint density at radius 1 is 1.24 bits per heavy atom. The molecule has 2 atom stereocenters. The first-order chi connectivity index (χ1) is 12.0. The molecule has 25 heavy (non-hydrogen) atoms. The molecule has 2 aromatic carbocycles. The maximum atomic E-state index is 11.7. The van der Waals surface area contributed by atoms with Gasteiger partial charge in [-0.2, -0.15) is 0 Å². The van der Waals surface area contributed by atoms with Gasteiger partial charge in [-0.3, -0.25) is 18.9 Å². The molecule has 0 bridgehead atoms. The Kier molecular flexibility index (Phi) is 5.25. The third-order valence-corrected chi connectivity index (χ3v) is 5.41. The van der Waals surface area contributed by atoms with Crippen molar-refractivity contribution in [3.63, 3.8) is 0 Å². The van der Waals surface area contributed by atoms with Gasteiger partial charge >= 0.3 is 0 Å². The molecule has 0 spiro atoms. The Hall–Kier alpha value is -2.11. The van der Waals surface area contributed by atoms with Crippen molar-refractivity contribution < 1.29 is 28.6 Å². The Balaban J connectivity index is 1.98. The molecule has 0 radical (unpaired) electrons. The molecule has 0 aliphatic carbocycles. The number of nitrogens with zero attached hydrogens (tertiary/aromatic N) is 1. The van der Waals surface area contributed by atoms with Crippen LogP contribution in [0.15, 0.2) is 52.3 Å². The van der Waals surface area contributed by atoms with E-state index in [1.54, 1.807) is 12.1 Å². The number of fused-ring (bicyclic) bond motifs is 2. The number of carbonyl (C=O) groups excluding carboxylic acids is 1. The van der Waals surface area contributed by atoms with Crippen molar-refractivity contribution >= 4 is 34.6 Å². The fourth-order valence-corrected chi connectivity index (χ4v) is 4.03. The number of nitrogens with one attached hydrogen (secondary N) is 1. The molecule has 1 heterocycles. The zero-order valence-corrected chi connectivity index (χ0v) is 14.3. The number of para-hydroxylation sites is 1. The molecule has 2 aromatic rings. The van der Waals surface area contributed by atoms with Gasteiger partial charge in [0.2, 0.25) is 0 Å². The van der Waals surface area contributed by atoms with Gasteiger partial charge in [-0.05, 0) is 30.3 Å². The Bertz CT molecular complexity index is 831. The second kappa shape index (κ2) is 7.42. The molecular formula is C15H14N2O6S2. The average Bonchev–Trinajstić information content (AvgIpc) is 2.62. The molecule has 0 saturated heterocycles. The monoisotopic (exact) mass is 382 g/mol. The molecule has 8 nitrogen and oxygen atoms in total. The number of hydrogen-bond donors (Lipinski definition) is 4. The van der Waals surface area contributed by atoms with E-state index in [1.165, 1.54) is 23.3 Å². The lowest BCUT2D eigenvalue weighted by Gasteiger charge is -2.28. The number of ether oxygens (including phenoxy) is 1. The van der Waals surface area contributed by atoms with Crippen molar-refractivity contribution in [2.75, 3.05) is 10.9 Å². The van der Waals surface area contributed by atoms with E-state index in [0.29, 0.717) is 16.4 Å². The van der Waals surface area contributed by atoms with Crippen LogP contribution in [0.3, 0.4) is 0 Å². The molecule has 1 aliphatic heterocycles. The Morgan fingerprint density at radius 2 is 1.96 bits per heavy atom. The van der Waals surface area contributed by atoms with Crippen LogP contribution < -0.4 is 14.5 Å². The molecule has 4 N–H and O–H groups in total. The minimum Gasteiger partial charge on any atom is -0.455 e. The lowest BCUT2D eigenvalue weighted by atomic mass is 10.2. The van der Waals surface area contributed by atoms with E-state index in [4.69, 9.17) is 9.94 Å². The maximum absolute atomic E-state index is 11.7. The fraction of sp³-hybridized carbons (Fsp3) is 0.133. The summed E-state index contributed by atoms with van der Waals surface area (Å²) in [5.41, 5.74) is 1.60. The van der Waals surface area contributed by atoms with Crippen LogP contribution in [-0.4, -0.2) is 37.6 Å². The minimum absolute atomic E-state index is 0.220. The van der Waals surface area contributed by atoms with Crippen LogP contribution in [0.4, 0.5) is 5.69 Å². The highest BCUT2D eigenvalue weighted by Crippen LogP contribution is 2.48. The quantitative estimate of drug-likeness (QED) is 0.301. The maximum Gasteiger partial charge on any atom is 0.269 e. The van der Waals surface area contributed by atoms with Gasteiger partial charge in [-0.15, -0.1) is 0 Å². The van der Waals surface area contributed by atoms with Crippen molar-refractivity contribution in [3.8, 4) is 11.5 Å². The van der Waals surface area contributed by atoms with Crippen molar-refractivity contribution in [1.29, 1.82) is 0 Å².